The molecule has 0 radical (unpaired) electrons. The Balaban J connectivity index is 2.28. The summed E-state index contributed by atoms with van der Waals surface area (Å²) in [6.45, 7) is 9.83. The highest BCUT2D eigenvalue weighted by Crippen LogP contribution is 2.24. The summed E-state index contributed by atoms with van der Waals surface area (Å²) in [6, 6.07) is 9.07. The van der Waals surface area contributed by atoms with E-state index in [2.05, 4.69) is 36.0 Å². The highest BCUT2D eigenvalue weighted by molar-refractivity contribution is 7.92. The predicted molar refractivity (Wildman–Crippen MR) is 106 cm³/mol. The average Bonchev–Trinajstić information content (AvgIpc) is 2.51. The monoisotopic (exact) mass is 374 g/mol. The van der Waals surface area contributed by atoms with Crippen LogP contribution in [0.25, 0.3) is 0 Å². The molecule has 2 N–H and O–H groups in total. The van der Waals surface area contributed by atoms with Gasteiger partial charge < -0.3 is 5.32 Å². The lowest BCUT2D eigenvalue weighted by molar-refractivity contribution is 0.0939. The first-order valence-electron chi connectivity index (χ1n) is 8.45. The first-order chi connectivity index (χ1) is 12.0. The van der Waals surface area contributed by atoms with Gasteiger partial charge in [0.15, 0.2) is 0 Å². The van der Waals surface area contributed by atoms with E-state index in [1.54, 1.807) is 25.1 Å². The SMILES string of the molecule is Cc1cc(C)c([C@H](C)NC(=O)c2cccc(NS(C)(=O)=O)c2C)cc1C. The third kappa shape index (κ3) is 4.64. The molecule has 26 heavy (non-hydrogen) atoms. The van der Waals surface area contributed by atoms with Crippen LogP contribution in [-0.2, 0) is 10.0 Å². The highest BCUT2D eigenvalue weighted by atomic mass is 32.2. The molecule has 0 heterocycles. The minimum atomic E-state index is -3.40. The van der Waals surface area contributed by atoms with Crippen LogP contribution in [-0.4, -0.2) is 20.6 Å². The Labute approximate surface area is 155 Å². The minimum Gasteiger partial charge on any atom is -0.345 e. The Hall–Kier alpha value is -2.34. The average molecular weight is 375 g/mol. The van der Waals surface area contributed by atoms with Gasteiger partial charge >= 0.3 is 0 Å². The maximum atomic E-state index is 12.7. The van der Waals surface area contributed by atoms with Crippen LogP contribution in [0.15, 0.2) is 30.3 Å². The van der Waals surface area contributed by atoms with E-state index in [9.17, 15) is 13.2 Å². The number of benzene rings is 2. The van der Waals surface area contributed by atoms with Crippen molar-refractivity contribution in [2.45, 2.75) is 40.7 Å². The molecule has 0 aromatic heterocycles. The summed E-state index contributed by atoms with van der Waals surface area (Å²) in [7, 11) is -3.40. The molecular formula is C20H26N2O3S. The molecule has 1 amide bonds. The van der Waals surface area contributed by atoms with Crippen LogP contribution in [0.4, 0.5) is 5.69 Å². The van der Waals surface area contributed by atoms with Gasteiger partial charge in [-0.25, -0.2) is 8.42 Å². The Bertz CT molecular complexity index is 950. The van der Waals surface area contributed by atoms with Gasteiger partial charge in [-0.05, 0) is 74.6 Å². The Morgan fingerprint density at radius 2 is 1.62 bits per heavy atom. The number of aryl methyl sites for hydroxylation is 3. The Morgan fingerprint density at radius 1 is 1.00 bits per heavy atom. The van der Waals surface area contributed by atoms with Gasteiger partial charge in [0.25, 0.3) is 5.91 Å². The standard InChI is InChI=1S/C20H26N2O3S/c1-12-10-14(3)18(11-13(12)2)16(5)21-20(23)17-8-7-9-19(15(17)4)22-26(6,24)25/h7-11,16,22H,1-6H3,(H,21,23)/t16-/m0/s1. The van der Waals surface area contributed by atoms with Gasteiger partial charge in [-0.1, -0.05) is 18.2 Å². The van der Waals surface area contributed by atoms with E-state index in [0.717, 1.165) is 17.4 Å². The van der Waals surface area contributed by atoms with Gasteiger partial charge in [0, 0.05) is 5.56 Å². The quantitative estimate of drug-likeness (QED) is 0.836. The third-order valence-corrected chi connectivity index (χ3v) is 5.16. The number of carbonyl (C=O) groups is 1. The van der Waals surface area contributed by atoms with Crippen molar-refractivity contribution >= 4 is 21.6 Å². The second kappa shape index (κ2) is 7.50. The summed E-state index contributed by atoms with van der Waals surface area (Å²) in [5.41, 5.74) is 6.07. The van der Waals surface area contributed by atoms with E-state index in [0.29, 0.717) is 16.8 Å². The zero-order valence-electron chi connectivity index (χ0n) is 16.1. The Kier molecular flexibility index (Phi) is 5.76. The molecule has 0 saturated carbocycles. The molecule has 140 valence electrons. The van der Waals surface area contributed by atoms with E-state index in [4.69, 9.17) is 0 Å². The van der Waals surface area contributed by atoms with Crippen LogP contribution >= 0.6 is 0 Å². The molecule has 0 aliphatic carbocycles. The number of sulfonamides is 1. The molecule has 0 saturated heterocycles. The second-order valence-corrected chi connectivity index (χ2v) is 8.59. The van der Waals surface area contributed by atoms with E-state index < -0.39 is 10.0 Å². The molecule has 2 aromatic carbocycles. The smallest absolute Gasteiger partial charge is 0.252 e. The fourth-order valence-electron chi connectivity index (χ4n) is 2.99. The van der Waals surface area contributed by atoms with Gasteiger partial charge in [-0.15, -0.1) is 0 Å². The lowest BCUT2D eigenvalue weighted by Gasteiger charge is -2.19. The van der Waals surface area contributed by atoms with Crippen LogP contribution in [0.5, 0.6) is 0 Å². The molecule has 6 heteroatoms. The fourth-order valence-corrected chi connectivity index (χ4v) is 3.61. The number of nitrogens with one attached hydrogen (secondary N) is 2. The van der Waals surface area contributed by atoms with Crippen molar-refractivity contribution in [2.24, 2.45) is 0 Å². The van der Waals surface area contributed by atoms with E-state index in [1.807, 2.05) is 13.8 Å². The second-order valence-electron chi connectivity index (χ2n) is 6.84. The van der Waals surface area contributed by atoms with E-state index in [1.165, 1.54) is 11.1 Å². The maximum Gasteiger partial charge on any atom is 0.252 e. The molecule has 2 aromatic rings. The number of amides is 1. The van der Waals surface area contributed by atoms with E-state index in [-0.39, 0.29) is 11.9 Å². The summed E-state index contributed by atoms with van der Waals surface area (Å²) >= 11 is 0. The molecule has 0 aliphatic heterocycles. The molecule has 0 spiro atoms. The predicted octanol–water partition coefficient (Wildman–Crippen LogP) is 3.78. The molecule has 5 nitrogen and oxygen atoms in total. The van der Waals surface area contributed by atoms with Crippen molar-refractivity contribution < 1.29 is 13.2 Å². The summed E-state index contributed by atoms with van der Waals surface area (Å²) in [4.78, 5) is 12.7. The number of rotatable bonds is 5. The van der Waals surface area contributed by atoms with Crippen molar-refractivity contribution in [1.82, 2.24) is 5.32 Å². The molecule has 0 fully saturated rings. The third-order valence-electron chi connectivity index (χ3n) is 4.57. The fraction of sp³-hybridized carbons (Fsp3) is 0.350. The van der Waals surface area contributed by atoms with Gasteiger partial charge in [0.05, 0.1) is 18.0 Å². The number of anilines is 1. The van der Waals surface area contributed by atoms with Crippen molar-refractivity contribution in [3.05, 3.63) is 63.7 Å². The Morgan fingerprint density at radius 3 is 2.23 bits per heavy atom. The van der Waals surface area contributed by atoms with Crippen LogP contribution in [0.2, 0.25) is 0 Å². The summed E-state index contributed by atoms with van der Waals surface area (Å²) in [5.74, 6) is -0.232. The van der Waals surface area contributed by atoms with Crippen LogP contribution in [0, 0.1) is 27.7 Å². The molecule has 1 atom stereocenters. The highest BCUT2D eigenvalue weighted by Gasteiger charge is 2.17. The van der Waals surface area contributed by atoms with Crippen molar-refractivity contribution in [3.63, 3.8) is 0 Å². The summed E-state index contributed by atoms with van der Waals surface area (Å²) < 4.78 is 25.4. The normalized spacial score (nSPS) is 12.5. The van der Waals surface area contributed by atoms with Crippen LogP contribution in [0.1, 0.15) is 51.1 Å². The molecule has 0 aliphatic rings. The van der Waals surface area contributed by atoms with Gasteiger partial charge in [-0.2, -0.15) is 0 Å². The first-order valence-corrected chi connectivity index (χ1v) is 10.3. The van der Waals surface area contributed by atoms with Gasteiger partial charge in [-0.3, -0.25) is 9.52 Å². The van der Waals surface area contributed by atoms with Gasteiger partial charge in [0.1, 0.15) is 0 Å². The largest absolute Gasteiger partial charge is 0.345 e. The maximum absolute atomic E-state index is 12.7. The number of hydrogen-bond acceptors (Lipinski definition) is 3. The summed E-state index contributed by atoms with van der Waals surface area (Å²) in [5, 5.41) is 3.01. The lowest BCUT2D eigenvalue weighted by Crippen LogP contribution is -2.28. The van der Waals surface area contributed by atoms with E-state index >= 15 is 0 Å². The molecule has 0 unspecified atom stereocenters. The topological polar surface area (TPSA) is 75.3 Å². The van der Waals surface area contributed by atoms with Crippen LogP contribution in [0.3, 0.4) is 0 Å². The molecule has 0 bridgehead atoms. The van der Waals surface area contributed by atoms with Crippen molar-refractivity contribution in [3.8, 4) is 0 Å². The van der Waals surface area contributed by atoms with Crippen molar-refractivity contribution in [2.75, 3.05) is 11.0 Å². The zero-order valence-corrected chi connectivity index (χ0v) is 16.9. The zero-order chi connectivity index (χ0) is 19.6. The lowest BCUT2D eigenvalue weighted by atomic mass is 9.96. The molecule has 2 rings (SSSR count). The minimum absolute atomic E-state index is 0.160. The first kappa shape index (κ1) is 20.0. The van der Waals surface area contributed by atoms with Gasteiger partial charge in [0.2, 0.25) is 10.0 Å². The summed E-state index contributed by atoms with van der Waals surface area (Å²) in [6.07, 6.45) is 1.09. The van der Waals surface area contributed by atoms with Crippen molar-refractivity contribution in [1.29, 1.82) is 0 Å². The number of carbonyl (C=O) groups excluding carboxylic acids is 1. The molecular weight excluding hydrogens is 348 g/mol. The van der Waals surface area contributed by atoms with Crippen LogP contribution < -0.4 is 10.0 Å². The number of hydrogen-bond donors (Lipinski definition) is 2.